The number of ether oxygens (including phenoxy) is 1. The zero-order chi connectivity index (χ0) is 15.2. The van der Waals surface area contributed by atoms with Crippen molar-refractivity contribution < 1.29 is 14.1 Å². The Balaban J connectivity index is 1.94. The first-order valence-electron chi connectivity index (χ1n) is 6.61. The standard InChI is InChI=1S/C16H18N2O3/c1-11(2)8-13-9-15(21-18-13)10-17-16(19)12-4-6-14(20-3)7-5-12/h4-9H,10H2,1-3H3,(H,17,19). The van der Waals surface area contributed by atoms with Gasteiger partial charge in [0.15, 0.2) is 5.76 Å². The third kappa shape index (κ3) is 4.21. The van der Waals surface area contributed by atoms with Crippen LogP contribution < -0.4 is 10.1 Å². The minimum Gasteiger partial charge on any atom is -0.497 e. The topological polar surface area (TPSA) is 64.4 Å². The maximum absolute atomic E-state index is 12.0. The number of allylic oxidation sites excluding steroid dienone is 1. The fourth-order valence-corrected chi connectivity index (χ4v) is 1.79. The molecule has 0 spiro atoms. The Kier molecular flexibility index (Phi) is 4.77. The van der Waals surface area contributed by atoms with Gasteiger partial charge in [-0.2, -0.15) is 0 Å². The summed E-state index contributed by atoms with van der Waals surface area (Å²) in [6.07, 6.45) is 1.91. The van der Waals surface area contributed by atoms with E-state index in [-0.39, 0.29) is 5.91 Å². The van der Waals surface area contributed by atoms with Gasteiger partial charge in [-0.15, -0.1) is 0 Å². The minimum atomic E-state index is -0.169. The van der Waals surface area contributed by atoms with Gasteiger partial charge in [0, 0.05) is 11.6 Å². The van der Waals surface area contributed by atoms with Crippen LogP contribution in [0.2, 0.25) is 0 Å². The van der Waals surface area contributed by atoms with Crippen LogP contribution in [-0.4, -0.2) is 18.2 Å². The molecule has 0 fully saturated rings. The lowest BCUT2D eigenvalue weighted by Gasteiger charge is -2.04. The lowest BCUT2D eigenvalue weighted by atomic mass is 10.2. The molecule has 5 heteroatoms. The van der Waals surface area contributed by atoms with E-state index in [0.29, 0.717) is 23.6 Å². The van der Waals surface area contributed by atoms with E-state index in [9.17, 15) is 4.79 Å². The molecule has 2 rings (SSSR count). The average Bonchev–Trinajstić information content (AvgIpc) is 2.91. The van der Waals surface area contributed by atoms with Gasteiger partial charge in [-0.05, 0) is 44.2 Å². The fourth-order valence-electron chi connectivity index (χ4n) is 1.79. The number of hydrogen-bond acceptors (Lipinski definition) is 4. The van der Waals surface area contributed by atoms with Gasteiger partial charge < -0.3 is 14.6 Å². The van der Waals surface area contributed by atoms with Crippen LogP contribution in [0.5, 0.6) is 5.75 Å². The predicted molar refractivity (Wildman–Crippen MR) is 80.0 cm³/mol. The maximum Gasteiger partial charge on any atom is 0.251 e. The Labute approximate surface area is 123 Å². The van der Waals surface area contributed by atoms with Crippen LogP contribution >= 0.6 is 0 Å². The highest BCUT2D eigenvalue weighted by Gasteiger charge is 2.08. The molecule has 0 aliphatic rings. The van der Waals surface area contributed by atoms with Crippen molar-refractivity contribution in [1.82, 2.24) is 10.5 Å². The van der Waals surface area contributed by atoms with Gasteiger partial charge in [0.05, 0.1) is 13.7 Å². The number of hydrogen-bond donors (Lipinski definition) is 1. The van der Waals surface area contributed by atoms with Gasteiger partial charge in [0.2, 0.25) is 0 Å². The van der Waals surface area contributed by atoms with Crippen molar-refractivity contribution in [1.29, 1.82) is 0 Å². The minimum absolute atomic E-state index is 0.169. The first-order valence-corrected chi connectivity index (χ1v) is 6.61. The first-order chi connectivity index (χ1) is 10.1. The Morgan fingerprint density at radius 2 is 2.05 bits per heavy atom. The molecule has 1 aromatic carbocycles. The molecule has 0 saturated carbocycles. The third-order valence-corrected chi connectivity index (χ3v) is 2.79. The molecule has 0 saturated heterocycles. The molecule has 1 amide bonds. The van der Waals surface area contributed by atoms with Crippen LogP contribution in [0, 0.1) is 0 Å². The summed E-state index contributed by atoms with van der Waals surface area (Å²) in [5.74, 6) is 1.16. The molecule has 21 heavy (non-hydrogen) atoms. The van der Waals surface area contributed by atoms with Crippen molar-refractivity contribution in [3.63, 3.8) is 0 Å². The van der Waals surface area contributed by atoms with Crippen molar-refractivity contribution in [3.05, 3.63) is 52.9 Å². The second kappa shape index (κ2) is 6.74. The van der Waals surface area contributed by atoms with E-state index >= 15 is 0 Å². The molecular formula is C16H18N2O3. The molecule has 1 N–H and O–H groups in total. The van der Waals surface area contributed by atoms with E-state index in [1.165, 1.54) is 0 Å². The van der Waals surface area contributed by atoms with Gasteiger partial charge in [-0.25, -0.2) is 0 Å². The summed E-state index contributed by atoms with van der Waals surface area (Å²) in [5.41, 5.74) is 2.46. The Morgan fingerprint density at radius 1 is 1.33 bits per heavy atom. The molecule has 110 valence electrons. The zero-order valence-corrected chi connectivity index (χ0v) is 12.3. The molecule has 1 heterocycles. The molecular weight excluding hydrogens is 268 g/mol. The largest absolute Gasteiger partial charge is 0.497 e. The number of amides is 1. The summed E-state index contributed by atoms with van der Waals surface area (Å²) >= 11 is 0. The van der Waals surface area contributed by atoms with Crippen LogP contribution in [0.4, 0.5) is 0 Å². The van der Waals surface area contributed by atoms with Gasteiger partial charge >= 0.3 is 0 Å². The summed E-state index contributed by atoms with van der Waals surface area (Å²) < 4.78 is 10.2. The van der Waals surface area contributed by atoms with E-state index < -0.39 is 0 Å². The molecule has 0 aliphatic carbocycles. The Bertz CT molecular complexity index is 638. The van der Waals surface area contributed by atoms with Gasteiger partial charge in [0.25, 0.3) is 5.91 Å². The van der Waals surface area contributed by atoms with Crippen LogP contribution in [0.1, 0.15) is 35.7 Å². The second-order valence-electron chi connectivity index (χ2n) is 4.85. The number of carbonyl (C=O) groups is 1. The number of carbonyl (C=O) groups excluding carboxylic acids is 1. The molecule has 0 atom stereocenters. The molecule has 0 radical (unpaired) electrons. The van der Waals surface area contributed by atoms with Gasteiger partial charge in [0.1, 0.15) is 11.4 Å². The third-order valence-electron chi connectivity index (χ3n) is 2.79. The van der Waals surface area contributed by atoms with Crippen molar-refractivity contribution in [2.45, 2.75) is 20.4 Å². The summed E-state index contributed by atoms with van der Waals surface area (Å²) in [7, 11) is 1.59. The normalized spacial score (nSPS) is 10.0. The van der Waals surface area contributed by atoms with Crippen molar-refractivity contribution in [2.75, 3.05) is 7.11 Å². The maximum atomic E-state index is 12.0. The number of benzene rings is 1. The van der Waals surface area contributed by atoms with E-state index in [1.54, 1.807) is 37.4 Å². The van der Waals surface area contributed by atoms with Crippen LogP contribution in [0.3, 0.4) is 0 Å². The summed E-state index contributed by atoms with van der Waals surface area (Å²) in [6, 6.07) is 8.72. The monoisotopic (exact) mass is 286 g/mol. The molecule has 0 bridgehead atoms. The highest BCUT2D eigenvalue weighted by molar-refractivity contribution is 5.94. The van der Waals surface area contributed by atoms with Gasteiger partial charge in [-0.1, -0.05) is 10.7 Å². The molecule has 0 unspecified atom stereocenters. The number of methoxy groups -OCH3 is 1. The SMILES string of the molecule is COc1ccc(C(=O)NCc2cc(C=C(C)C)no2)cc1. The fraction of sp³-hybridized carbons (Fsp3) is 0.250. The van der Waals surface area contributed by atoms with Crippen molar-refractivity contribution in [3.8, 4) is 5.75 Å². The number of nitrogens with one attached hydrogen (secondary N) is 1. The van der Waals surface area contributed by atoms with E-state index in [0.717, 1.165) is 11.3 Å². The van der Waals surface area contributed by atoms with Crippen LogP contribution in [-0.2, 0) is 6.54 Å². The lowest BCUT2D eigenvalue weighted by molar-refractivity contribution is 0.0947. The molecule has 5 nitrogen and oxygen atoms in total. The summed E-state index contributed by atoms with van der Waals surface area (Å²) in [5, 5.41) is 6.70. The predicted octanol–water partition coefficient (Wildman–Crippen LogP) is 3.04. The smallest absolute Gasteiger partial charge is 0.251 e. The zero-order valence-electron chi connectivity index (χ0n) is 12.3. The summed E-state index contributed by atoms with van der Waals surface area (Å²) in [4.78, 5) is 12.0. The van der Waals surface area contributed by atoms with E-state index in [2.05, 4.69) is 10.5 Å². The van der Waals surface area contributed by atoms with Gasteiger partial charge in [-0.3, -0.25) is 4.79 Å². The number of aromatic nitrogens is 1. The van der Waals surface area contributed by atoms with Crippen LogP contribution in [0.25, 0.3) is 6.08 Å². The highest BCUT2D eigenvalue weighted by atomic mass is 16.5. The lowest BCUT2D eigenvalue weighted by Crippen LogP contribution is -2.22. The Morgan fingerprint density at radius 3 is 2.67 bits per heavy atom. The molecule has 0 aliphatic heterocycles. The van der Waals surface area contributed by atoms with E-state index in [4.69, 9.17) is 9.26 Å². The van der Waals surface area contributed by atoms with Crippen LogP contribution in [0.15, 0.2) is 40.4 Å². The average molecular weight is 286 g/mol. The number of rotatable bonds is 5. The summed E-state index contributed by atoms with van der Waals surface area (Å²) in [6.45, 7) is 4.27. The quantitative estimate of drug-likeness (QED) is 0.917. The first kappa shape index (κ1) is 14.8. The van der Waals surface area contributed by atoms with Crippen molar-refractivity contribution in [2.24, 2.45) is 0 Å². The molecule has 2 aromatic rings. The van der Waals surface area contributed by atoms with Crippen molar-refractivity contribution >= 4 is 12.0 Å². The highest BCUT2D eigenvalue weighted by Crippen LogP contribution is 2.12. The Hall–Kier alpha value is -2.56. The van der Waals surface area contributed by atoms with E-state index in [1.807, 2.05) is 19.9 Å². The molecule has 1 aromatic heterocycles. The number of nitrogens with zero attached hydrogens (tertiary/aromatic N) is 1. The second-order valence-corrected chi connectivity index (χ2v) is 4.85.